The zero-order chi connectivity index (χ0) is 15.4. The van der Waals surface area contributed by atoms with Gasteiger partial charge in [-0.1, -0.05) is 54.6 Å². The van der Waals surface area contributed by atoms with Gasteiger partial charge in [0.05, 0.1) is 6.61 Å². The SMILES string of the molecule is OCc1cc2ccccc2c2c1sc1ccc3ccccc3c12. The Kier molecular flexibility index (Phi) is 2.72. The molecule has 0 unspecified atom stereocenters. The van der Waals surface area contributed by atoms with E-state index in [1.54, 1.807) is 11.3 Å². The highest BCUT2D eigenvalue weighted by atomic mass is 32.1. The topological polar surface area (TPSA) is 20.2 Å². The summed E-state index contributed by atoms with van der Waals surface area (Å²) in [6.07, 6.45) is 0. The lowest BCUT2D eigenvalue weighted by Gasteiger charge is -2.06. The molecule has 0 fully saturated rings. The molecule has 110 valence electrons. The molecule has 1 N–H and O–H groups in total. The van der Waals surface area contributed by atoms with Gasteiger partial charge in [0.25, 0.3) is 0 Å². The molecule has 0 aliphatic carbocycles. The third-order valence-corrected chi connectivity index (χ3v) is 5.83. The molecule has 2 heteroatoms. The van der Waals surface area contributed by atoms with Gasteiger partial charge in [-0.05, 0) is 39.2 Å². The minimum atomic E-state index is 0.0755. The minimum absolute atomic E-state index is 0.0755. The highest BCUT2D eigenvalue weighted by Crippen LogP contribution is 2.43. The Balaban J connectivity index is 2.16. The number of aliphatic hydroxyl groups excluding tert-OH is 1. The third-order valence-electron chi connectivity index (χ3n) is 4.60. The standard InChI is InChI=1S/C21H14OS/c22-12-15-11-14-6-2-4-8-17(14)20-19-16-7-3-1-5-13(16)9-10-18(19)23-21(15)20/h1-11,22H,12H2. The fraction of sp³-hybridized carbons (Fsp3) is 0.0476. The van der Waals surface area contributed by atoms with E-state index < -0.39 is 0 Å². The second-order valence-corrected chi connectivity index (χ2v) is 6.93. The van der Waals surface area contributed by atoms with Gasteiger partial charge in [0.1, 0.15) is 0 Å². The van der Waals surface area contributed by atoms with Crippen LogP contribution in [-0.2, 0) is 6.61 Å². The van der Waals surface area contributed by atoms with Crippen molar-refractivity contribution in [1.82, 2.24) is 0 Å². The first-order valence-electron chi connectivity index (χ1n) is 7.72. The van der Waals surface area contributed by atoms with Crippen molar-refractivity contribution in [2.75, 3.05) is 0 Å². The van der Waals surface area contributed by atoms with Crippen LogP contribution in [0.1, 0.15) is 5.56 Å². The van der Waals surface area contributed by atoms with Crippen LogP contribution in [0.5, 0.6) is 0 Å². The van der Waals surface area contributed by atoms with Gasteiger partial charge in [-0.3, -0.25) is 0 Å². The third kappa shape index (κ3) is 1.76. The summed E-state index contributed by atoms with van der Waals surface area (Å²) in [4.78, 5) is 0. The molecule has 0 saturated carbocycles. The summed E-state index contributed by atoms with van der Waals surface area (Å²) in [6, 6.07) is 23.5. The Morgan fingerprint density at radius 3 is 2.22 bits per heavy atom. The fourth-order valence-corrected chi connectivity index (χ4v) is 4.81. The van der Waals surface area contributed by atoms with E-state index >= 15 is 0 Å². The summed E-state index contributed by atoms with van der Waals surface area (Å²) in [7, 11) is 0. The van der Waals surface area contributed by atoms with E-state index in [4.69, 9.17) is 0 Å². The van der Waals surface area contributed by atoms with Crippen LogP contribution in [0.3, 0.4) is 0 Å². The van der Waals surface area contributed by atoms with Crippen LogP contribution in [0.4, 0.5) is 0 Å². The molecular formula is C21H14OS. The highest BCUT2D eigenvalue weighted by molar-refractivity contribution is 7.26. The van der Waals surface area contributed by atoms with Crippen molar-refractivity contribution in [3.8, 4) is 0 Å². The fourth-order valence-electron chi connectivity index (χ4n) is 3.57. The van der Waals surface area contributed by atoms with Crippen LogP contribution >= 0.6 is 11.3 Å². The average Bonchev–Trinajstić information content (AvgIpc) is 3.01. The molecule has 1 aromatic heterocycles. The predicted octanol–water partition coefficient (Wildman–Crippen LogP) is 5.85. The summed E-state index contributed by atoms with van der Waals surface area (Å²) in [5.41, 5.74) is 1.02. The molecule has 4 aromatic carbocycles. The Morgan fingerprint density at radius 1 is 0.739 bits per heavy atom. The maximum atomic E-state index is 9.84. The molecule has 0 radical (unpaired) electrons. The first-order chi connectivity index (χ1) is 11.4. The predicted molar refractivity (Wildman–Crippen MR) is 100 cm³/mol. The summed E-state index contributed by atoms with van der Waals surface area (Å²) < 4.78 is 2.49. The molecule has 1 nitrogen and oxygen atoms in total. The van der Waals surface area contributed by atoms with Crippen LogP contribution in [0.25, 0.3) is 41.7 Å². The van der Waals surface area contributed by atoms with Gasteiger partial charge in [0.15, 0.2) is 0 Å². The number of benzene rings is 4. The Labute approximate surface area is 137 Å². The number of hydrogen-bond donors (Lipinski definition) is 1. The van der Waals surface area contributed by atoms with Crippen molar-refractivity contribution < 1.29 is 5.11 Å². The van der Waals surface area contributed by atoms with Crippen LogP contribution in [0.2, 0.25) is 0 Å². The van der Waals surface area contributed by atoms with Crippen molar-refractivity contribution in [3.05, 3.63) is 72.3 Å². The molecule has 0 saturated heterocycles. The monoisotopic (exact) mass is 314 g/mol. The summed E-state index contributed by atoms with van der Waals surface area (Å²) >= 11 is 1.78. The number of rotatable bonds is 1. The lowest BCUT2D eigenvalue weighted by molar-refractivity contribution is 0.283. The van der Waals surface area contributed by atoms with E-state index in [0.29, 0.717) is 0 Å². The first kappa shape index (κ1) is 13.1. The number of fused-ring (bicyclic) bond motifs is 7. The molecule has 0 amide bonds. The van der Waals surface area contributed by atoms with Gasteiger partial charge >= 0.3 is 0 Å². The van der Waals surface area contributed by atoms with Crippen LogP contribution < -0.4 is 0 Å². The molecule has 0 aliphatic heterocycles. The molecule has 5 aromatic rings. The quantitative estimate of drug-likeness (QED) is 0.411. The van der Waals surface area contributed by atoms with Crippen molar-refractivity contribution in [1.29, 1.82) is 0 Å². The second kappa shape index (κ2) is 4.79. The van der Waals surface area contributed by atoms with Crippen molar-refractivity contribution in [2.24, 2.45) is 0 Å². The first-order valence-corrected chi connectivity index (χ1v) is 8.54. The van der Waals surface area contributed by atoms with Gasteiger partial charge in [-0.2, -0.15) is 0 Å². The molecule has 5 rings (SSSR count). The largest absolute Gasteiger partial charge is 0.392 e. The molecule has 1 heterocycles. The maximum Gasteiger partial charge on any atom is 0.0696 e. The molecule has 0 spiro atoms. The Hall–Kier alpha value is -2.42. The number of hydrogen-bond acceptors (Lipinski definition) is 2. The van der Waals surface area contributed by atoms with Gasteiger partial charge < -0.3 is 5.11 Å². The minimum Gasteiger partial charge on any atom is -0.392 e. The van der Waals surface area contributed by atoms with Gasteiger partial charge in [-0.15, -0.1) is 11.3 Å². The van der Waals surface area contributed by atoms with E-state index in [9.17, 15) is 5.11 Å². The Bertz CT molecular complexity index is 1200. The van der Waals surface area contributed by atoms with E-state index in [1.807, 2.05) is 0 Å². The highest BCUT2D eigenvalue weighted by Gasteiger charge is 2.14. The molecule has 0 bridgehead atoms. The lowest BCUT2D eigenvalue weighted by Crippen LogP contribution is -1.85. The number of thiophene rings is 1. The van der Waals surface area contributed by atoms with Crippen molar-refractivity contribution in [2.45, 2.75) is 6.61 Å². The van der Waals surface area contributed by atoms with E-state index in [2.05, 4.69) is 66.7 Å². The average molecular weight is 314 g/mol. The summed E-state index contributed by atoms with van der Waals surface area (Å²) in [6.45, 7) is 0.0755. The van der Waals surface area contributed by atoms with E-state index in [1.165, 1.54) is 41.7 Å². The van der Waals surface area contributed by atoms with Gasteiger partial charge in [0, 0.05) is 20.2 Å². The van der Waals surface area contributed by atoms with Crippen LogP contribution in [0.15, 0.2) is 66.7 Å². The zero-order valence-corrected chi connectivity index (χ0v) is 13.2. The molecule has 0 atom stereocenters. The smallest absolute Gasteiger partial charge is 0.0696 e. The van der Waals surface area contributed by atoms with E-state index in [0.717, 1.165) is 5.56 Å². The summed E-state index contributed by atoms with van der Waals surface area (Å²) in [5.74, 6) is 0. The van der Waals surface area contributed by atoms with Crippen LogP contribution in [0, 0.1) is 0 Å². The van der Waals surface area contributed by atoms with Gasteiger partial charge in [0.2, 0.25) is 0 Å². The maximum absolute atomic E-state index is 9.84. The van der Waals surface area contributed by atoms with Crippen molar-refractivity contribution >= 4 is 53.1 Å². The second-order valence-electron chi connectivity index (χ2n) is 5.88. The zero-order valence-electron chi connectivity index (χ0n) is 12.4. The Morgan fingerprint density at radius 2 is 1.43 bits per heavy atom. The normalized spacial score (nSPS) is 11.9. The summed E-state index contributed by atoms with van der Waals surface area (Å²) in [5, 5.41) is 17.4. The van der Waals surface area contributed by atoms with Crippen molar-refractivity contribution in [3.63, 3.8) is 0 Å². The van der Waals surface area contributed by atoms with Gasteiger partial charge in [-0.25, -0.2) is 0 Å². The molecule has 23 heavy (non-hydrogen) atoms. The van der Waals surface area contributed by atoms with E-state index in [-0.39, 0.29) is 6.61 Å². The van der Waals surface area contributed by atoms with Crippen LogP contribution in [-0.4, -0.2) is 5.11 Å². The lowest BCUT2D eigenvalue weighted by atomic mass is 9.98. The molecular weight excluding hydrogens is 300 g/mol. The number of aliphatic hydroxyl groups is 1. The molecule has 0 aliphatic rings.